The van der Waals surface area contributed by atoms with Gasteiger partial charge in [-0.2, -0.15) is 5.10 Å². The first-order valence-corrected chi connectivity index (χ1v) is 7.19. The largest absolute Gasteiger partial charge is 0.240 e. The van der Waals surface area contributed by atoms with E-state index in [1.807, 2.05) is 0 Å². The Labute approximate surface area is 128 Å². The van der Waals surface area contributed by atoms with Gasteiger partial charge in [0.1, 0.15) is 22.6 Å². The number of fused-ring (bicyclic) bond motifs is 1. The zero-order valence-electron chi connectivity index (χ0n) is 11.1. The van der Waals surface area contributed by atoms with E-state index < -0.39 is 11.6 Å². The minimum atomic E-state index is -0.437. The summed E-state index contributed by atoms with van der Waals surface area (Å²) < 4.78 is 30.0. The van der Waals surface area contributed by atoms with Crippen molar-refractivity contribution in [3.63, 3.8) is 0 Å². The quantitative estimate of drug-likeness (QED) is 0.726. The highest BCUT2D eigenvalue weighted by Gasteiger charge is 2.14. The molecule has 2 heterocycles. The monoisotopic (exact) mass is 352 g/mol. The SMILES string of the molecule is CCc1cc(F)c(Cc2nc(Br)cn3ncnc23)cc1F. The van der Waals surface area contributed by atoms with E-state index >= 15 is 0 Å². The summed E-state index contributed by atoms with van der Waals surface area (Å²) in [6.45, 7) is 1.78. The molecule has 2 aromatic heterocycles. The molecule has 0 saturated carbocycles. The molecule has 0 bridgehead atoms. The summed E-state index contributed by atoms with van der Waals surface area (Å²) in [6, 6.07) is 2.47. The predicted octanol–water partition coefficient (Wildman–Crippen LogP) is 3.32. The van der Waals surface area contributed by atoms with E-state index in [-0.39, 0.29) is 12.0 Å². The summed E-state index contributed by atoms with van der Waals surface area (Å²) in [6.07, 6.45) is 3.65. The third-order valence-electron chi connectivity index (χ3n) is 3.26. The molecule has 3 rings (SSSR count). The average molecular weight is 353 g/mol. The highest BCUT2D eigenvalue weighted by Crippen LogP contribution is 2.20. The molecule has 0 aliphatic rings. The van der Waals surface area contributed by atoms with E-state index in [1.54, 1.807) is 17.6 Å². The fourth-order valence-electron chi connectivity index (χ4n) is 2.19. The lowest BCUT2D eigenvalue weighted by atomic mass is 10.0. The molecule has 0 spiro atoms. The van der Waals surface area contributed by atoms with Gasteiger partial charge in [-0.05, 0) is 45.6 Å². The molecule has 0 N–H and O–H groups in total. The molecule has 0 radical (unpaired) electrons. The number of rotatable bonds is 3. The first-order valence-electron chi connectivity index (χ1n) is 6.40. The van der Waals surface area contributed by atoms with Crippen LogP contribution in [-0.4, -0.2) is 19.6 Å². The molecule has 3 aromatic rings. The fourth-order valence-corrected chi connectivity index (χ4v) is 2.60. The summed E-state index contributed by atoms with van der Waals surface area (Å²) >= 11 is 3.27. The van der Waals surface area contributed by atoms with Gasteiger partial charge in [-0.1, -0.05) is 6.92 Å². The van der Waals surface area contributed by atoms with Crippen LogP contribution < -0.4 is 0 Å². The standard InChI is InChI=1S/C14H11BrF2N4/c1-2-8-3-11(17)9(4-10(8)16)5-12-14-18-7-19-21(14)6-13(15)20-12/h3-4,6-7H,2,5H2,1H3. The van der Waals surface area contributed by atoms with Gasteiger partial charge in [0.15, 0.2) is 5.65 Å². The molecule has 21 heavy (non-hydrogen) atoms. The third-order valence-corrected chi connectivity index (χ3v) is 3.64. The molecule has 108 valence electrons. The smallest absolute Gasteiger partial charge is 0.177 e. The van der Waals surface area contributed by atoms with E-state index in [9.17, 15) is 8.78 Å². The van der Waals surface area contributed by atoms with Crippen LogP contribution in [0.15, 0.2) is 29.3 Å². The van der Waals surface area contributed by atoms with Gasteiger partial charge in [-0.3, -0.25) is 0 Å². The van der Waals surface area contributed by atoms with Gasteiger partial charge in [-0.25, -0.2) is 23.3 Å². The van der Waals surface area contributed by atoms with Gasteiger partial charge < -0.3 is 0 Å². The van der Waals surface area contributed by atoms with Gasteiger partial charge in [0.05, 0.1) is 11.9 Å². The molecule has 4 nitrogen and oxygen atoms in total. The van der Waals surface area contributed by atoms with Gasteiger partial charge in [-0.15, -0.1) is 0 Å². The van der Waals surface area contributed by atoms with Crippen LogP contribution in [0.4, 0.5) is 8.78 Å². The van der Waals surface area contributed by atoms with Crippen molar-refractivity contribution in [2.45, 2.75) is 19.8 Å². The number of nitrogens with zero attached hydrogens (tertiary/aromatic N) is 4. The van der Waals surface area contributed by atoms with Crippen LogP contribution >= 0.6 is 15.9 Å². The summed E-state index contributed by atoms with van der Waals surface area (Å²) in [5.41, 5.74) is 1.67. The molecule has 0 aliphatic carbocycles. The molecule has 0 saturated heterocycles. The zero-order chi connectivity index (χ0) is 15.0. The van der Waals surface area contributed by atoms with Crippen LogP contribution in [0.3, 0.4) is 0 Å². The van der Waals surface area contributed by atoms with Crippen molar-refractivity contribution in [2.75, 3.05) is 0 Å². The Hall–Kier alpha value is -1.89. The maximum Gasteiger partial charge on any atom is 0.177 e. The van der Waals surface area contributed by atoms with E-state index in [0.717, 1.165) is 0 Å². The van der Waals surface area contributed by atoms with Crippen LogP contribution in [0.5, 0.6) is 0 Å². The maximum absolute atomic E-state index is 14.1. The number of aromatic nitrogens is 4. The Morgan fingerprint density at radius 1 is 1.19 bits per heavy atom. The first kappa shape index (κ1) is 14.1. The van der Waals surface area contributed by atoms with Crippen LogP contribution in [0.1, 0.15) is 23.7 Å². The second kappa shape index (κ2) is 5.48. The van der Waals surface area contributed by atoms with Gasteiger partial charge in [0.25, 0.3) is 0 Å². The van der Waals surface area contributed by atoms with Crippen LogP contribution in [0, 0.1) is 11.6 Å². The first-order chi connectivity index (χ1) is 10.1. The van der Waals surface area contributed by atoms with Crippen molar-refractivity contribution < 1.29 is 8.78 Å². The predicted molar refractivity (Wildman–Crippen MR) is 77.0 cm³/mol. The van der Waals surface area contributed by atoms with Crippen molar-refractivity contribution in [1.82, 2.24) is 19.6 Å². The Morgan fingerprint density at radius 3 is 2.67 bits per heavy atom. The highest BCUT2D eigenvalue weighted by molar-refractivity contribution is 9.10. The van der Waals surface area contributed by atoms with Crippen LogP contribution in [0.25, 0.3) is 5.65 Å². The van der Waals surface area contributed by atoms with E-state index in [0.29, 0.717) is 27.9 Å². The van der Waals surface area contributed by atoms with Gasteiger partial charge in [0, 0.05) is 6.42 Å². The van der Waals surface area contributed by atoms with E-state index in [2.05, 4.69) is 31.0 Å². The summed E-state index contributed by atoms with van der Waals surface area (Å²) in [4.78, 5) is 8.38. The van der Waals surface area contributed by atoms with Crippen LogP contribution in [0.2, 0.25) is 0 Å². The third kappa shape index (κ3) is 2.65. The molecule has 0 fully saturated rings. The number of hydrogen-bond acceptors (Lipinski definition) is 3. The van der Waals surface area contributed by atoms with Crippen molar-refractivity contribution in [3.05, 3.63) is 57.7 Å². The van der Waals surface area contributed by atoms with Crippen molar-refractivity contribution >= 4 is 21.6 Å². The fraction of sp³-hybridized carbons (Fsp3) is 0.214. The highest BCUT2D eigenvalue weighted by atomic mass is 79.9. The number of aryl methyl sites for hydroxylation is 1. The topological polar surface area (TPSA) is 43.1 Å². The number of benzene rings is 1. The minimum absolute atomic E-state index is 0.147. The Balaban J connectivity index is 2.06. The molecule has 0 aliphatic heterocycles. The van der Waals surface area contributed by atoms with Crippen molar-refractivity contribution in [3.8, 4) is 0 Å². The lowest BCUT2D eigenvalue weighted by Crippen LogP contribution is -2.03. The Kier molecular flexibility index (Phi) is 3.67. The summed E-state index contributed by atoms with van der Waals surface area (Å²) in [5.74, 6) is -0.839. The summed E-state index contributed by atoms with van der Waals surface area (Å²) in [7, 11) is 0. The molecule has 1 aromatic carbocycles. The Morgan fingerprint density at radius 2 is 1.90 bits per heavy atom. The molecule has 0 atom stereocenters. The van der Waals surface area contributed by atoms with E-state index in [4.69, 9.17) is 0 Å². The molecular formula is C14H11BrF2N4. The number of hydrogen-bond donors (Lipinski definition) is 0. The molecule has 7 heteroatoms. The van der Waals surface area contributed by atoms with Crippen molar-refractivity contribution in [2.24, 2.45) is 0 Å². The zero-order valence-corrected chi connectivity index (χ0v) is 12.7. The average Bonchev–Trinajstić information content (AvgIpc) is 2.90. The summed E-state index contributed by atoms with van der Waals surface area (Å²) in [5, 5.41) is 4.02. The van der Waals surface area contributed by atoms with Crippen LogP contribution in [-0.2, 0) is 12.8 Å². The van der Waals surface area contributed by atoms with E-state index in [1.165, 1.54) is 18.5 Å². The van der Waals surface area contributed by atoms with Gasteiger partial charge in [0.2, 0.25) is 0 Å². The second-order valence-corrected chi connectivity index (χ2v) is 5.42. The Bertz CT molecular complexity index is 816. The number of halogens is 3. The van der Waals surface area contributed by atoms with Gasteiger partial charge >= 0.3 is 0 Å². The lowest BCUT2D eigenvalue weighted by molar-refractivity contribution is 0.576. The molecular weight excluding hydrogens is 342 g/mol. The minimum Gasteiger partial charge on any atom is -0.240 e. The molecule has 0 amide bonds. The second-order valence-electron chi connectivity index (χ2n) is 4.60. The molecule has 0 unspecified atom stereocenters. The normalized spacial score (nSPS) is 11.2. The lowest BCUT2D eigenvalue weighted by Gasteiger charge is -2.07. The van der Waals surface area contributed by atoms with Crippen molar-refractivity contribution in [1.29, 1.82) is 0 Å². The maximum atomic E-state index is 14.1.